The Bertz CT molecular complexity index is 637. The number of carbonyl (C=O) groups excluding carboxylic acids is 2. The third-order valence-corrected chi connectivity index (χ3v) is 3.68. The van der Waals surface area contributed by atoms with Crippen molar-refractivity contribution in [3.05, 3.63) is 41.2 Å². The fraction of sp³-hybridized carbons (Fsp3) is 0.333. The van der Waals surface area contributed by atoms with Gasteiger partial charge in [0.1, 0.15) is 11.4 Å². The number of halogens is 1. The van der Waals surface area contributed by atoms with Crippen molar-refractivity contribution >= 4 is 17.6 Å². The lowest BCUT2D eigenvalue weighted by atomic mass is 9.86. The van der Waals surface area contributed by atoms with Crippen molar-refractivity contribution in [1.29, 1.82) is 0 Å². The average Bonchev–Trinajstić information content (AvgIpc) is 2.44. The summed E-state index contributed by atoms with van der Waals surface area (Å²) < 4.78 is 22.6. The monoisotopic (exact) mass is 291 g/mol. The number of anilines is 1. The normalized spacial score (nSPS) is 24.6. The predicted molar refractivity (Wildman–Crippen MR) is 71.9 cm³/mol. The standard InChI is InChI=1S/C15H14FNO4/c1-15(7-11-13(18)20-8-21-14(11)19)5-4-9-6-10(16)2-3-12(9)17-15/h2-3,6-7,17H,4-5,8H2,1H3. The molecule has 1 saturated heterocycles. The zero-order valence-electron chi connectivity index (χ0n) is 11.4. The molecule has 2 aliphatic heterocycles. The molecule has 0 aromatic heterocycles. The molecule has 1 aromatic carbocycles. The molecule has 0 amide bonds. The van der Waals surface area contributed by atoms with Crippen molar-refractivity contribution in [2.75, 3.05) is 12.1 Å². The van der Waals surface area contributed by atoms with Crippen LogP contribution in [0, 0.1) is 5.82 Å². The van der Waals surface area contributed by atoms with E-state index in [4.69, 9.17) is 9.47 Å². The predicted octanol–water partition coefficient (Wildman–Crippen LogP) is 1.93. The highest BCUT2D eigenvalue weighted by molar-refractivity contribution is 6.15. The van der Waals surface area contributed by atoms with Crippen molar-refractivity contribution in [2.24, 2.45) is 0 Å². The van der Waals surface area contributed by atoms with Gasteiger partial charge < -0.3 is 14.8 Å². The molecule has 1 aromatic rings. The lowest BCUT2D eigenvalue weighted by Gasteiger charge is -2.35. The van der Waals surface area contributed by atoms with Gasteiger partial charge in [-0.05, 0) is 49.6 Å². The van der Waals surface area contributed by atoms with Crippen molar-refractivity contribution in [2.45, 2.75) is 25.3 Å². The van der Waals surface area contributed by atoms with Gasteiger partial charge in [-0.3, -0.25) is 0 Å². The molecule has 6 heteroatoms. The number of nitrogens with one attached hydrogen (secondary N) is 1. The number of rotatable bonds is 1. The second kappa shape index (κ2) is 4.87. The molecule has 0 spiro atoms. The van der Waals surface area contributed by atoms with Gasteiger partial charge in [0, 0.05) is 5.69 Å². The summed E-state index contributed by atoms with van der Waals surface area (Å²) in [6, 6.07) is 4.50. The fourth-order valence-electron chi connectivity index (χ4n) is 2.58. The Hall–Kier alpha value is -2.37. The van der Waals surface area contributed by atoms with Crippen LogP contribution in [0.1, 0.15) is 18.9 Å². The van der Waals surface area contributed by atoms with Gasteiger partial charge in [0.2, 0.25) is 6.79 Å². The molecular formula is C15H14FNO4. The highest BCUT2D eigenvalue weighted by Gasteiger charge is 2.34. The Morgan fingerprint density at radius 3 is 2.71 bits per heavy atom. The number of aryl methyl sites for hydroxylation is 1. The zero-order valence-corrected chi connectivity index (χ0v) is 11.4. The summed E-state index contributed by atoms with van der Waals surface area (Å²) in [6.45, 7) is 1.52. The van der Waals surface area contributed by atoms with E-state index in [2.05, 4.69) is 5.32 Å². The first-order valence-corrected chi connectivity index (χ1v) is 6.61. The van der Waals surface area contributed by atoms with Crippen molar-refractivity contribution in [3.8, 4) is 0 Å². The van der Waals surface area contributed by atoms with Gasteiger partial charge >= 0.3 is 11.9 Å². The molecule has 21 heavy (non-hydrogen) atoms. The number of hydrogen-bond acceptors (Lipinski definition) is 5. The highest BCUT2D eigenvalue weighted by atomic mass is 19.1. The van der Waals surface area contributed by atoms with Crippen LogP contribution in [0.4, 0.5) is 10.1 Å². The molecule has 2 aliphatic rings. The van der Waals surface area contributed by atoms with Crippen LogP contribution in [0.3, 0.4) is 0 Å². The van der Waals surface area contributed by atoms with Crippen molar-refractivity contribution in [1.82, 2.24) is 0 Å². The number of esters is 2. The summed E-state index contributed by atoms with van der Waals surface area (Å²) in [5.74, 6) is -1.64. The molecule has 3 rings (SSSR count). The van der Waals surface area contributed by atoms with Gasteiger partial charge in [0.25, 0.3) is 0 Å². The summed E-state index contributed by atoms with van der Waals surface area (Å²) >= 11 is 0. The van der Waals surface area contributed by atoms with Gasteiger partial charge in [-0.15, -0.1) is 0 Å². The number of carbonyl (C=O) groups is 2. The second-order valence-electron chi connectivity index (χ2n) is 5.38. The smallest absolute Gasteiger partial charge is 0.348 e. The van der Waals surface area contributed by atoms with Crippen LogP contribution in [0.15, 0.2) is 29.8 Å². The van der Waals surface area contributed by atoms with E-state index < -0.39 is 17.5 Å². The Kier molecular flexibility index (Phi) is 3.16. The topological polar surface area (TPSA) is 64.6 Å². The molecule has 1 atom stereocenters. The molecule has 0 aliphatic carbocycles. The minimum Gasteiger partial charge on any atom is -0.424 e. The molecule has 1 fully saturated rings. The van der Waals surface area contributed by atoms with E-state index in [9.17, 15) is 14.0 Å². The van der Waals surface area contributed by atoms with E-state index in [0.717, 1.165) is 11.3 Å². The Balaban J connectivity index is 1.90. The Morgan fingerprint density at radius 2 is 2.00 bits per heavy atom. The number of benzene rings is 1. The Morgan fingerprint density at radius 1 is 1.29 bits per heavy atom. The van der Waals surface area contributed by atoms with E-state index in [1.807, 2.05) is 6.92 Å². The minimum atomic E-state index is -0.681. The van der Waals surface area contributed by atoms with Crippen LogP contribution in [0.5, 0.6) is 0 Å². The van der Waals surface area contributed by atoms with Crippen LogP contribution in [-0.4, -0.2) is 24.3 Å². The van der Waals surface area contributed by atoms with Crippen LogP contribution >= 0.6 is 0 Å². The maximum absolute atomic E-state index is 13.2. The Labute approximate surface area is 120 Å². The van der Waals surface area contributed by atoms with Crippen LogP contribution in [-0.2, 0) is 25.5 Å². The molecule has 0 bridgehead atoms. The molecule has 5 nitrogen and oxygen atoms in total. The van der Waals surface area contributed by atoms with Crippen LogP contribution < -0.4 is 5.32 Å². The SMILES string of the molecule is CC1(C=C2C(=O)OCOC2=O)CCc2cc(F)ccc2N1. The van der Waals surface area contributed by atoms with E-state index in [1.54, 1.807) is 6.07 Å². The first-order valence-electron chi connectivity index (χ1n) is 6.61. The zero-order chi connectivity index (χ0) is 15.0. The van der Waals surface area contributed by atoms with Crippen LogP contribution in [0.2, 0.25) is 0 Å². The summed E-state index contributed by atoms with van der Waals surface area (Å²) in [7, 11) is 0. The van der Waals surface area contributed by atoms with Crippen molar-refractivity contribution in [3.63, 3.8) is 0 Å². The van der Waals surface area contributed by atoms with Gasteiger partial charge in [-0.25, -0.2) is 14.0 Å². The summed E-state index contributed by atoms with van der Waals surface area (Å²) in [5, 5.41) is 3.23. The first kappa shape index (κ1) is 13.6. The maximum Gasteiger partial charge on any atom is 0.348 e. The molecule has 0 saturated carbocycles. The lowest BCUT2D eigenvalue weighted by Crippen LogP contribution is -2.39. The summed E-state index contributed by atoms with van der Waals surface area (Å²) in [5.41, 5.74) is 0.955. The molecular weight excluding hydrogens is 277 g/mol. The summed E-state index contributed by atoms with van der Waals surface area (Å²) in [4.78, 5) is 23.3. The number of ether oxygens (including phenoxy) is 2. The maximum atomic E-state index is 13.2. The first-order chi connectivity index (χ1) is 9.97. The fourth-order valence-corrected chi connectivity index (χ4v) is 2.58. The quantitative estimate of drug-likeness (QED) is 0.486. The lowest BCUT2D eigenvalue weighted by molar-refractivity contribution is -0.172. The molecule has 1 unspecified atom stereocenters. The van der Waals surface area contributed by atoms with E-state index >= 15 is 0 Å². The third-order valence-electron chi connectivity index (χ3n) is 3.68. The van der Waals surface area contributed by atoms with Gasteiger partial charge in [0.05, 0.1) is 5.54 Å². The van der Waals surface area contributed by atoms with Gasteiger partial charge in [0.15, 0.2) is 0 Å². The van der Waals surface area contributed by atoms with Crippen molar-refractivity contribution < 1.29 is 23.5 Å². The summed E-state index contributed by atoms with van der Waals surface area (Å²) in [6.07, 6.45) is 2.79. The minimum absolute atomic E-state index is 0.109. The van der Waals surface area contributed by atoms with E-state index in [0.29, 0.717) is 12.8 Å². The molecule has 0 radical (unpaired) electrons. The molecule has 1 N–H and O–H groups in total. The highest BCUT2D eigenvalue weighted by Crippen LogP contribution is 2.33. The number of cyclic esters (lactones) is 2. The van der Waals surface area contributed by atoms with Gasteiger partial charge in [-0.1, -0.05) is 0 Å². The molecule has 2 heterocycles. The average molecular weight is 291 g/mol. The van der Waals surface area contributed by atoms with E-state index in [1.165, 1.54) is 18.2 Å². The van der Waals surface area contributed by atoms with E-state index in [-0.39, 0.29) is 18.2 Å². The molecule has 110 valence electrons. The van der Waals surface area contributed by atoms with Gasteiger partial charge in [-0.2, -0.15) is 0 Å². The number of hydrogen-bond donors (Lipinski definition) is 1. The second-order valence-corrected chi connectivity index (χ2v) is 5.38. The van der Waals surface area contributed by atoms with Crippen LogP contribution in [0.25, 0.3) is 0 Å². The third kappa shape index (κ3) is 2.61. The largest absolute Gasteiger partial charge is 0.424 e. The number of fused-ring (bicyclic) bond motifs is 1.